The summed E-state index contributed by atoms with van der Waals surface area (Å²) in [7, 11) is 1.64. The van der Waals surface area contributed by atoms with Crippen molar-refractivity contribution in [1.82, 2.24) is 4.90 Å². The van der Waals surface area contributed by atoms with E-state index in [9.17, 15) is 9.59 Å². The van der Waals surface area contributed by atoms with Gasteiger partial charge in [0.05, 0.1) is 7.11 Å². The van der Waals surface area contributed by atoms with Gasteiger partial charge in [-0.2, -0.15) is 0 Å². The second kappa shape index (κ2) is 9.40. The molecule has 0 saturated heterocycles. The third-order valence-electron chi connectivity index (χ3n) is 5.26. The number of amides is 2. The van der Waals surface area contributed by atoms with Gasteiger partial charge in [-0.05, 0) is 48.6 Å². The van der Waals surface area contributed by atoms with Gasteiger partial charge in [-0.1, -0.05) is 30.3 Å². The van der Waals surface area contributed by atoms with Crippen LogP contribution >= 0.6 is 0 Å². The summed E-state index contributed by atoms with van der Waals surface area (Å²) in [4.78, 5) is 28.5. The van der Waals surface area contributed by atoms with Crippen molar-refractivity contribution in [2.75, 3.05) is 31.6 Å². The Morgan fingerprint density at radius 2 is 1.93 bits per heavy atom. The van der Waals surface area contributed by atoms with Crippen LogP contribution < -0.4 is 9.64 Å². The smallest absolute Gasteiger partial charge is 0.228 e. The summed E-state index contributed by atoms with van der Waals surface area (Å²) in [5.74, 6) is 0.889. The molecule has 0 saturated carbocycles. The lowest BCUT2D eigenvalue weighted by atomic mass is 10.0. The number of benzene rings is 2. The lowest BCUT2D eigenvalue weighted by molar-refractivity contribution is -0.129. The number of hydrogen-bond donors (Lipinski definition) is 0. The Morgan fingerprint density at radius 3 is 2.71 bits per heavy atom. The molecule has 148 valence electrons. The van der Waals surface area contributed by atoms with Gasteiger partial charge in [-0.15, -0.1) is 0 Å². The standard InChI is InChI=1S/C23H28N2O3/c1-18(26)24(15-12-19-7-5-10-21(17-19)28-2)16-13-23(27)25-14-6-9-20-8-3-4-11-22(20)25/h3-5,7-8,10-11,17H,6,9,12-16H2,1-2H3. The van der Waals surface area contributed by atoms with Crippen LogP contribution in [0.4, 0.5) is 5.69 Å². The Kier molecular flexibility index (Phi) is 6.69. The molecule has 5 heteroatoms. The maximum atomic E-state index is 12.8. The van der Waals surface area contributed by atoms with Crippen LogP contribution in [-0.4, -0.2) is 43.5 Å². The molecule has 5 nitrogen and oxygen atoms in total. The van der Waals surface area contributed by atoms with Crippen LogP contribution in [0.1, 0.15) is 30.9 Å². The monoisotopic (exact) mass is 380 g/mol. The van der Waals surface area contributed by atoms with Crippen molar-refractivity contribution < 1.29 is 14.3 Å². The van der Waals surface area contributed by atoms with Crippen LogP contribution in [-0.2, 0) is 22.4 Å². The molecule has 0 radical (unpaired) electrons. The van der Waals surface area contributed by atoms with Gasteiger partial charge in [0.1, 0.15) is 5.75 Å². The number of para-hydroxylation sites is 1. The van der Waals surface area contributed by atoms with Gasteiger partial charge in [0.25, 0.3) is 0 Å². The molecule has 2 amide bonds. The van der Waals surface area contributed by atoms with Crippen LogP contribution in [0.2, 0.25) is 0 Å². The second-order valence-corrected chi connectivity index (χ2v) is 7.14. The first-order valence-corrected chi connectivity index (χ1v) is 9.85. The van der Waals surface area contributed by atoms with Crippen LogP contribution in [0.3, 0.4) is 0 Å². The Labute approximate surface area is 166 Å². The number of methoxy groups -OCH3 is 1. The van der Waals surface area contributed by atoms with E-state index in [2.05, 4.69) is 6.07 Å². The molecular formula is C23H28N2O3. The predicted octanol–water partition coefficient (Wildman–Crippen LogP) is 3.46. The predicted molar refractivity (Wildman–Crippen MR) is 111 cm³/mol. The van der Waals surface area contributed by atoms with Gasteiger partial charge in [-0.3, -0.25) is 9.59 Å². The van der Waals surface area contributed by atoms with Crippen LogP contribution in [0.5, 0.6) is 5.75 Å². The first kappa shape index (κ1) is 19.9. The number of hydrogen-bond acceptors (Lipinski definition) is 3. The van der Waals surface area contributed by atoms with Gasteiger partial charge in [0.15, 0.2) is 0 Å². The highest BCUT2D eigenvalue weighted by Crippen LogP contribution is 2.27. The summed E-state index contributed by atoms with van der Waals surface area (Å²) in [5, 5.41) is 0. The van der Waals surface area contributed by atoms with Gasteiger partial charge in [0.2, 0.25) is 11.8 Å². The van der Waals surface area contributed by atoms with E-state index in [1.165, 1.54) is 5.56 Å². The van der Waals surface area contributed by atoms with Crippen molar-refractivity contribution in [3.63, 3.8) is 0 Å². The minimum atomic E-state index is -0.00487. The number of nitrogens with zero attached hydrogens (tertiary/aromatic N) is 2. The number of anilines is 1. The molecule has 1 heterocycles. The zero-order chi connectivity index (χ0) is 19.9. The van der Waals surface area contributed by atoms with E-state index in [1.54, 1.807) is 18.9 Å². The minimum absolute atomic E-state index is 0.00487. The number of aryl methyl sites for hydroxylation is 1. The van der Waals surface area contributed by atoms with Gasteiger partial charge < -0.3 is 14.5 Å². The van der Waals surface area contributed by atoms with Crippen molar-refractivity contribution in [2.45, 2.75) is 32.6 Å². The number of rotatable bonds is 7. The summed E-state index contributed by atoms with van der Waals surface area (Å²) in [6.07, 6.45) is 3.07. The maximum Gasteiger partial charge on any atom is 0.228 e. The Hall–Kier alpha value is -2.82. The van der Waals surface area contributed by atoms with Crippen LogP contribution in [0, 0.1) is 0 Å². The summed E-state index contributed by atoms with van der Waals surface area (Å²) in [5.41, 5.74) is 3.36. The topological polar surface area (TPSA) is 49.9 Å². The third kappa shape index (κ3) is 4.91. The molecule has 2 aromatic carbocycles. The van der Waals surface area contributed by atoms with Crippen molar-refractivity contribution in [3.8, 4) is 5.75 Å². The average Bonchev–Trinajstić information content (AvgIpc) is 2.73. The summed E-state index contributed by atoms with van der Waals surface area (Å²) < 4.78 is 5.25. The number of carbonyl (C=O) groups excluding carboxylic acids is 2. The number of fused-ring (bicyclic) bond motifs is 1. The van der Waals surface area contributed by atoms with E-state index < -0.39 is 0 Å². The van der Waals surface area contributed by atoms with E-state index in [1.807, 2.05) is 47.4 Å². The van der Waals surface area contributed by atoms with Crippen LogP contribution in [0.25, 0.3) is 0 Å². The molecule has 0 aliphatic carbocycles. The van der Waals surface area contributed by atoms with Crippen molar-refractivity contribution >= 4 is 17.5 Å². The Morgan fingerprint density at radius 1 is 1.11 bits per heavy atom. The highest BCUT2D eigenvalue weighted by Gasteiger charge is 2.22. The lowest BCUT2D eigenvalue weighted by Gasteiger charge is -2.30. The normalized spacial score (nSPS) is 13.0. The van der Waals surface area contributed by atoms with Gasteiger partial charge in [0, 0.05) is 38.7 Å². The van der Waals surface area contributed by atoms with Crippen molar-refractivity contribution in [3.05, 3.63) is 59.7 Å². The molecule has 28 heavy (non-hydrogen) atoms. The van der Waals surface area contributed by atoms with E-state index in [4.69, 9.17) is 4.74 Å². The zero-order valence-electron chi connectivity index (χ0n) is 16.7. The highest BCUT2D eigenvalue weighted by molar-refractivity contribution is 5.94. The molecule has 0 N–H and O–H groups in total. The fourth-order valence-electron chi connectivity index (χ4n) is 3.68. The summed E-state index contributed by atoms with van der Waals surface area (Å²) in [6.45, 7) is 3.34. The molecule has 1 aliphatic heterocycles. The largest absolute Gasteiger partial charge is 0.497 e. The van der Waals surface area contributed by atoms with E-state index in [0.717, 1.165) is 42.8 Å². The van der Waals surface area contributed by atoms with E-state index in [0.29, 0.717) is 19.5 Å². The Bertz CT molecular complexity index is 834. The SMILES string of the molecule is COc1cccc(CCN(CCC(=O)N2CCCc3ccccc32)C(C)=O)c1. The minimum Gasteiger partial charge on any atom is -0.497 e. The second-order valence-electron chi connectivity index (χ2n) is 7.14. The average molecular weight is 380 g/mol. The molecular weight excluding hydrogens is 352 g/mol. The highest BCUT2D eigenvalue weighted by atomic mass is 16.5. The first-order chi connectivity index (χ1) is 13.6. The lowest BCUT2D eigenvalue weighted by Crippen LogP contribution is -2.39. The fourth-order valence-corrected chi connectivity index (χ4v) is 3.68. The van der Waals surface area contributed by atoms with Crippen molar-refractivity contribution in [1.29, 1.82) is 0 Å². The first-order valence-electron chi connectivity index (χ1n) is 9.85. The molecule has 2 aromatic rings. The molecule has 0 fully saturated rings. The molecule has 0 bridgehead atoms. The fraction of sp³-hybridized carbons (Fsp3) is 0.391. The van der Waals surface area contributed by atoms with Crippen LogP contribution in [0.15, 0.2) is 48.5 Å². The quantitative estimate of drug-likeness (QED) is 0.739. The van der Waals surface area contributed by atoms with E-state index in [-0.39, 0.29) is 11.8 Å². The third-order valence-corrected chi connectivity index (χ3v) is 5.26. The molecule has 3 rings (SSSR count). The summed E-state index contributed by atoms with van der Waals surface area (Å²) in [6, 6.07) is 15.9. The molecule has 0 atom stereocenters. The van der Waals surface area contributed by atoms with E-state index >= 15 is 0 Å². The van der Waals surface area contributed by atoms with Crippen molar-refractivity contribution in [2.24, 2.45) is 0 Å². The molecule has 0 aromatic heterocycles. The molecule has 0 unspecified atom stereocenters. The molecule has 0 spiro atoms. The number of carbonyl (C=O) groups is 2. The molecule has 1 aliphatic rings. The van der Waals surface area contributed by atoms with Gasteiger partial charge in [-0.25, -0.2) is 0 Å². The number of ether oxygens (including phenoxy) is 1. The maximum absolute atomic E-state index is 12.8. The summed E-state index contributed by atoms with van der Waals surface area (Å²) >= 11 is 0. The van der Waals surface area contributed by atoms with Gasteiger partial charge >= 0.3 is 0 Å². The zero-order valence-corrected chi connectivity index (χ0v) is 16.7. The Balaban J connectivity index is 1.58.